The van der Waals surface area contributed by atoms with Gasteiger partial charge in [-0.2, -0.15) is 0 Å². The normalized spacial score (nSPS) is 22.9. The van der Waals surface area contributed by atoms with Crippen molar-refractivity contribution in [3.8, 4) is 0 Å². The smallest absolute Gasteiger partial charge is 0.128 e. The molecule has 2 heterocycles. The molecule has 21 heavy (non-hydrogen) atoms. The van der Waals surface area contributed by atoms with Gasteiger partial charge in [0.05, 0.1) is 16.8 Å². The highest BCUT2D eigenvalue weighted by Crippen LogP contribution is 2.35. The molecule has 0 aliphatic carbocycles. The Morgan fingerprint density at radius 1 is 1.43 bits per heavy atom. The Kier molecular flexibility index (Phi) is 4.01. The lowest BCUT2D eigenvalue weighted by molar-refractivity contribution is 0.172. The van der Waals surface area contributed by atoms with Crippen LogP contribution in [0.15, 0.2) is 23.6 Å². The molecule has 0 radical (unpaired) electrons. The molecule has 1 aliphatic rings. The lowest BCUT2D eigenvalue weighted by atomic mass is 10.0. The average Bonchev–Trinajstić information content (AvgIpc) is 2.99. The number of aliphatic hydroxyl groups is 1. The Balaban J connectivity index is 1.86. The highest BCUT2D eigenvalue weighted by Gasteiger charge is 2.34. The summed E-state index contributed by atoms with van der Waals surface area (Å²) in [5.41, 5.74) is 1.20. The Bertz CT molecular complexity index is 646. The van der Waals surface area contributed by atoms with Gasteiger partial charge in [0, 0.05) is 30.1 Å². The minimum Gasteiger partial charge on any atom is -0.392 e. The first-order valence-electron chi connectivity index (χ1n) is 6.81. The van der Waals surface area contributed by atoms with Crippen molar-refractivity contribution in [3.63, 3.8) is 0 Å². The van der Waals surface area contributed by atoms with Crippen LogP contribution in [-0.4, -0.2) is 27.6 Å². The van der Waals surface area contributed by atoms with Crippen molar-refractivity contribution in [2.75, 3.05) is 6.54 Å². The Morgan fingerprint density at radius 2 is 2.24 bits per heavy atom. The third kappa shape index (κ3) is 3.12. The third-order valence-corrected chi connectivity index (χ3v) is 4.55. The Labute approximate surface area is 125 Å². The third-order valence-electron chi connectivity index (χ3n) is 3.73. The molecule has 1 saturated heterocycles. The van der Waals surface area contributed by atoms with E-state index in [4.69, 9.17) is 0 Å². The molecule has 1 aliphatic heterocycles. The maximum atomic E-state index is 14.0. The number of β-amino-alcohol motifs (C(OH)–C–C–N with tert-alkyl or cyclic N) is 1. The van der Waals surface area contributed by atoms with Crippen molar-refractivity contribution in [1.82, 2.24) is 9.88 Å². The van der Waals surface area contributed by atoms with Gasteiger partial charge in [0.15, 0.2) is 0 Å². The van der Waals surface area contributed by atoms with Gasteiger partial charge in [-0.1, -0.05) is 0 Å². The predicted molar refractivity (Wildman–Crippen MR) is 77.0 cm³/mol. The van der Waals surface area contributed by atoms with E-state index in [9.17, 15) is 13.9 Å². The summed E-state index contributed by atoms with van der Waals surface area (Å²) >= 11 is 1.56. The minimum atomic E-state index is -0.530. The first-order valence-corrected chi connectivity index (χ1v) is 7.69. The summed E-state index contributed by atoms with van der Waals surface area (Å²) in [5, 5.41) is 12.8. The number of aliphatic hydroxyl groups excluding tert-OH is 1. The van der Waals surface area contributed by atoms with Crippen LogP contribution < -0.4 is 0 Å². The minimum absolute atomic E-state index is 0.304. The second-order valence-electron chi connectivity index (χ2n) is 5.36. The van der Waals surface area contributed by atoms with E-state index < -0.39 is 17.7 Å². The summed E-state index contributed by atoms with van der Waals surface area (Å²) in [6.07, 6.45) is -0.124. The van der Waals surface area contributed by atoms with E-state index in [1.807, 2.05) is 17.2 Å². The Morgan fingerprint density at radius 3 is 2.95 bits per heavy atom. The second-order valence-corrected chi connectivity index (χ2v) is 6.42. The van der Waals surface area contributed by atoms with Crippen LogP contribution in [0, 0.1) is 18.6 Å². The molecule has 3 nitrogen and oxygen atoms in total. The molecule has 1 N–H and O–H groups in total. The lowest BCUT2D eigenvalue weighted by Gasteiger charge is -2.24. The van der Waals surface area contributed by atoms with E-state index in [0.717, 1.165) is 22.8 Å². The summed E-state index contributed by atoms with van der Waals surface area (Å²) in [6, 6.07) is 3.15. The number of hydrogen-bond donors (Lipinski definition) is 1. The summed E-state index contributed by atoms with van der Waals surface area (Å²) in [6.45, 7) is 2.90. The molecular weight excluding hydrogens is 294 g/mol. The number of likely N-dealkylation sites (tertiary alicyclic amines) is 1. The molecule has 0 saturated carbocycles. The van der Waals surface area contributed by atoms with Crippen LogP contribution in [0.4, 0.5) is 8.78 Å². The quantitative estimate of drug-likeness (QED) is 0.946. The van der Waals surface area contributed by atoms with Gasteiger partial charge in [-0.15, -0.1) is 11.3 Å². The van der Waals surface area contributed by atoms with Crippen LogP contribution in [0.5, 0.6) is 0 Å². The van der Waals surface area contributed by atoms with E-state index in [1.54, 1.807) is 11.3 Å². The van der Waals surface area contributed by atoms with Gasteiger partial charge in [0.25, 0.3) is 0 Å². The maximum Gasteiger partial charge on any atom is 0.128 e. The van der Waals surface area contributed by atoms with E-state index in [2.05, 4.69) is 4.98 Å². The number of nitrogens with zero attached hydrogens (tertiary/aromatic N) is 2. The van der Waals surface area contributed by atoms with Gasteiger partial charge in [-0.25, -0.2) is 13.8 Å². The van der Waals surface area contributed by atoms with E-state index >= 15 is 0 Å². The number of thiazole rings is 1. The fourth-order valence-electron chi connectivity index (χ4n) is 2.84. The van der Waals surface area contributed by atoms with Crippen molar-refractivity contribution < 1.29 is 13.9 Å². The molecule has 0 amide bonds. The monoisotopic (exact) mass is 310 g/mol. The predicted octanol–water partition coefficient (Wildman–Crippen LogP) is 3.04. The summed E-state index contributed by atoms with van der Waals surface area (Å²) in [7, 11) is 0. The van der Waals surface area contributed by atoms with Gasteiger partial charge >= 0.3 is 0 Å². The first kappa shape index (κ1) is 14.6. The van der Waals surface area contributed by atoms with Crippen LogP contribution in [0.25, 0.3) is 0 Å². The number of aryl methyl sites for hydroxylation is 1. The van der Waals surface area contributed by atoms with Crippen molar-refractivity contribution >= 4 is 11.3 Å². The molecule has 1 fully saturated rings. The molecule has 1 aromatic heterocycles. The molecule has 0 spiro atoms. The number of benzene rings is 1. The molecule has 2 aromatic rings. The van der Waals surface area contributed by atoms with Gasteiger partial charge in [-0.05, 0) is 31.5 Å². The first-order chi connectivity index (χ1) is 10.0. The van der Waals surface area contributed by atoms with Crippen LogP contribution >= 0.6 is 11.3 Å². The molecule has 2 atom stereocenters. The van der Waals surface area contributed by atoms with Crippen LogP contribution in [0.1, 0.15) is 28.7 Å². The second kappa shape index (κ2) is 5.79. The zero-order chi connectivity index (χ0) is 15.0. The van der Waals surface area contributed by atoms with E-state index in [-0.39, 0.29) is 6.04 Å². The molecule has 0 bridgehead atoms. The van der Waals surface area contributed by atoms with Crippen molar-refractivity contribution in [2.45, 2.75) is 32.0 Å². The van der Waals surface area contributed by atoms with Gasteiger partial charge in [-0.3, -0.25) is 4.90 Å². The van der Waals surface area contributed by atoms with Crippen LogP contribution in [-0.2, 0) is 6.54 Å². The number of rotatable bonds is 3. The van der Waals surface area contributed by atoms with Gasteiger partial charge < -0.3 is 5.11 Å². The highest BCUT2D eigenvalue weighted by molar-refractivity contribution is 7.09. The lowest BCUT2D eigenvalue weighted by Crippen LogP contribution is -2.25. The molecule has 2 unspecified atom stereocenters. The fraction of sp³-hybridized carbons (Fsp3) is 0.400. The summed E-state index contributed by atoms with van der Waals surface area (Å²) in [4.78, 5) is 6.35. The standard InChI is InChI=1S/C15H16F2N2OS/c1-9-18-11(8-21-9)6-19-7-12(20)5-15(19)13-4-10(16)2-3-14(13)17/h2-4,8,12,15,20H,5-7H2,1H3. The molecule has 6 heteroatoms. The van der Waals surface area contributed by atoms with E-state index in [0.29, 0.717) is 25.1 Å². The number of hydrogen-bond acceptors (Lipinski definition) is 4. The van der Waals surface area contributed by atoms with Crippen molar-refractivity contribution in [1.29, 1.82) is 0 Å². The largest absolute Gasteiger partial charge is 0.392 e. The summed E-state index contributed by atoms with van der Waals surface area (Å²) in [5.74, 6) is -0.896. The highest BCUT2D eigenvalue weighted by atomic mass is 32.1. The Hall–Kier alpha value is -1.37. The molecule has 112 valence electrons. The van der Waals surface area contributed by atoms with Gasteiger partial charge in [0.1, 0.15) is 11.6 Å². The van der Waals surface area contributed by atoms with Crippen molar-refractivity contribution in [3.05, 3.63) is 51.5 Å². The average molecular weight is 310 g/mol. The topological polar surface area (TPSA) is 36.4 Å². The molecule has 1 aromatic carbocycles. The number of aromatic nitrogens is 1. The molecule has 3 rings (SSSR count). The maximum absolute atomic E-state index is 14.0. The van der Waals surface area contributed by atoms with E-state index in [1.165, 1.54) is 6.07 Å². The zero-order valence-electron chi connectivity index (χ0n) is 11.6. The zero-order valence-corrected chi connectivity index (χ0v) is 12.4. The van der Waals surface area contributed by atoms with Gasteiger partial charge in [0.2, 0.25) is 0 Å². The van der Waals surface area contributed by atoms with Crippen molar-refractivity contribution in [2.24, 2.45) is 0 Å². The fourth-order valence-corrected chi connectivity index (χ4v) is 3.44. The van der Waals surface area contributed by atoms with Crippen LogP contribution in [0.2, 0.25) is 0 Å². The number of halogens is 2. The van der Waals surface area contributed by atoms with Crippen LogP contribution in [0.3, 0.4) is 0 Å². The summed E-state index contributed by atoms with van der Waals surface area (Å²) < 4.78 is 27.4. The SMILES string of the molecule is Cc1nc(CN2CC(O)CC2c2cc(F)ccc2F)cs1. The molecular formula is C15H16F2N2OS.